The number of nitrogen functional groups attached to an aromatic ring is 2. The zero-order valence-electron chi connectivity index (χ0n) is 27.9. The average molecular weight is 637 g/mol. The molecular formula is C30H66ClN4NaO4S. The summed E-state index contributed by atoms with van der Waals surface area (Å²) < 4.78 is 33.1. The average Bonchev–Trinajstić information content (AvgIpc) is 2.90. The van der Waals surface area contributed by atoms with Gasteiger partial charge in [-0.25, -0.2) is 0 Å². The zero-order valence-corrected chi connectivity index (χ0v) is 31.5. The van der Waals surface area contributed by atoms with Gasteiger partial charge in [0, 0.05) is 11.4 Å². The van der Waals surface area contributed by atoms with E-state index in [4.69, 9.17) is 29.0 Å². The first-order valence-corrected chi connectivity index (χ1v) is 18.5. The Morgan fingerprint density at radius 2 is 0.902 bits per heavy atom. The molecular weight excluding hydrogens is 571 g/mol. The number of halogens is 1. The van der Waals surface area contributed by atoms with Crippen LogP contribution in [-0.4, -0.2) is 94.5 Å². The predicted octanol–water partition coefficient (Wildman–Crippen LogP) is 7.81. The van der Waals surface area contributed by atoms with Crippen molar-refractivity contribution in [3.8, 4) is 0 Å². The molecule has 0 saturated heterocycles. The van der Waals surface area contributed by atoms with Gasteiger partial charge in [0.1, 0.15) is 0 Å². The van der Waals surface area contributed by atoms with E-state index in [2.05, 4.69) is 58.3 Å². The van der Waals surface area contributed by atoms with Gasteiger partial charge in [-0.15, -0.1) is 12.4 Å². The van der Waals surface area contributed by atoms with Crippen LogP contribution in [0, 0.1) is 0 Å². The summed E-state index contributed by atoms with van der Waals surface area (Å²) in [6, 6.07) is 7.15. The normalized spacial score (nSPS) is 10.1. The van der Waals surface area contributed by atoms with Crippen LogP contribution in [0.4, 0.5) is 11.4 Å². The van der Waals surface area contributed by atoms with Crippen LogP contribution in [0.3, 0.4) is 0 Å². The third-order valence-corrected chi connectivity index (χ3v) is 7.01. The molecule has 0 saturated carbocycles. The van der Waals surface area contributed by atoms with Gasteiger partial charge in [-0.3, -0.25) is 9.11 Å². The number of nitrogens with two attached hydrogens (primary N) is 2. The minimum absolute atomic E-state index is 0. The molecule has 0 aliphatic rings. The van der Waals surface area contributed by atoms with Crippen LogP contribution in [0.25, 0.3) is 0 Å². The molecule has 244 valence electrons. The first-order valence-electron chi connectivity index (χ1n) is 15.7. The summed E-state index contributed by atoms with van der Waals surface area (Å²) in [5.41, 5.74) is 12.2. The number of benzene rings is 1. The summed E-state index contributed by atoms with van der Waals surface area (Å²) in [5.74, 6) is 0. The predicted molar refractivity (Wildman–Crippen MR) is 186 cm³/mol. The summed E-state index contributed by atoms with van der Waals surface area (Å²) in [4.78, 5) is 4.75. The van der Waals surface area contributed by atoms with Gasteiger partial charge in [-0.1, -0.05) is 47.6 Å². The number of unbranched alkanes of at least 4 members (excludes halogenated alkanes) is 9. The molecule has 1 rings (SSSR count). The Hall–Kier alpha value is -0.100. The van der Waals surface area contributed by atoms with E-state index in [1.807, 2.05) is 6.07 Å². The third kappa shape index (κ3) is 56.3. The molecule has 0 bridgehead atoms. The van der Waals surface area contributed by atoms with Crippen molar-refractivity contribution in [2.75, 3.05) is 50.7 Å². The Morgan fingerprint density at radius 3 is 1.07 bits per heavy atom. The number of nitrogens with zero attached hydrogens (tertiary/aromatic N) is 2. The van der Waals surface area contributed by atoms with Gasteiger partial charge in [-0.05, 0) is 57.5 Å². The van der Waals surface area contributed by atoms with E-state index in [0.717, 1.165) is 0 Å². The molecule has 0 heterocycles. The standard InChI is InChI=1S/C12H25.C6H8N2.2C6H15N.ClH.Na.H2O4S/c1-3-5-7-9-11-12-10-8-6-4-2;7-5-2-1-3-6(8)4-5;2*1-4-7(5-2)6-3;;;1-5(2,3)4/h1,3-12H2,2H3;1-4H,7-8H2;2*4-6H2,1-3H3;1H;;(H2,1,2,3,4). The van der Waals surface area contributed by atoms with Crippen LogP contribution in [0.1, 0.15) is 113 Å². The first-order chi connectivity index (χ1) is 18.9. The minimum atomic E-state index is -4.67. The maximum Gasteiger partial charge on any atom is 0.394 e. The van der Waals surface area contributed by atoms with E-state index in [1.54, 1.807) is 18.2 Å². The van der Waals surface area contributed by atoms with E-state index >= 15 is 0 Å². The van der Waals surface area contributed by atoms with E-state index in [0.29, 0.717) is 11.4 Å². The molecule has 0 fully saturated rings. The van der Waals surface area contributed by atoms with Gasteiger partial charge in [-0.2, -0.15) is 8.42 Å². The van der Waals surface area contributed by atoms with E-state index in [1.165, 1.54) is 135 Å². The minimum Gasteiger partial charge on any atom is -0.399 e. The third-order valence-electron chi connectivity index (χ3n) is 6.30. The molecule has 0 aliphatic carbocycles. The molecule has 1 aromatic carbocycles. The van der Waals surface area contributed by atoms with Gasteiger partial charge in [0.2, 0.25) is 0 Å². The van der Waals surface area contributed by atoms with Crippen molar-refractivity contribution < 1.29 is 17.5 Å². The van der Waals surface area contributed by atoms with Crippen LogP contribution in [-0.2, 0) is 10.4 Å². The topological polar surface area (TPSA) is 133 Å². The summed E-state index contributed by atoms with van der Waals surface area (Å²) in [7, 11) is -4.67. The quantitative estimate of drug-likeness (QED) is 0.0625. The molecule has 0 atom stereocenters. The van der Waals surface area contributed by atoms with Crippen molar-refractivity contribution in [3.63, 3.8) is 0 Å². The molecule has 0 amide bonds. The number of rotatable bonds is 16. The van der Waals surface area contributed by atoms with Gasteiger partial charge in [0.15, 0.2) is 0 Å². The maximum atomic E-state index is 8.74. The van der Waals surface area contributed by atoms with Crippen LogP contribution in [0.15, 0.2) is 24.3 Å². The Kier molecular flexibility index (Phi) is 49.2. The van der Waals surface area contributed by atoms with Gasteiger partial charge in [0.25, 0.3) is 0 Å². The summed E-state index contributed by atoms with van der Waals surface area (Å²) in [5, 5.41) is 0. The van der Waals surface area contributed by atoms with Gasteiger partial charge in [0.05, 0.1) is 0 Å². The van der Waals surface area contributed by atoms with E-state index in [9.17, 15) is 0 Å². The smallest absolute Gasteiger partial charge is 0.394 e. The van der Waals surface area contributed by atoms with Crippen molar-refractivity contribution in [2.24, 2.45) is 0 Å². The summed E-state index contributed by atoms with van der Waals surface area (Å²) in [6.45, 7) is 22.5. The molecule has 0 spiro atoms. The van der Waals surface area contributed by atoms with Crippen molar-refractivity contribution in [3.05, 3.63) is 24.3 Å². The van der Waals surface area contributed by atoms with Crippen LogP contribution >= 0.6 is 12.4 Å². The Morgan fingerprint density at radius 1 is 0.634 bits per heavy atom. The zero-order chi connectivity index (χ0) is 31.7. The molecule has 1 aromatic rings. The summed E-state index contributed by atoms with van der Waals surface area (Å²) in [6.07, 6.45) is 14.7. The first kappa shape index (κ1) is 50.5. The molecule has 41 heavy (non-hydrogen) atoms. The molecule has 0 aliphatic heterocycles. The molecule has 0 radical (unpaired) electrons. The number of hydrogen-bond donors (Lipinski definition) is 4. The SMILES string of the molecule is CCCCCCCCCCC[CH2][Na].CCN(CC)CC.CCN(CC)CC.Cl.Nc1cccc(N)c1.O=S(=O)(O)O. The van der Waals surface area contributed by atoms with Crippen LogP contribution in [0.5, 0.6) is 0 Å². The van der Waals surface area contributed by atoms with Crippen LogP contribution in [0.2, 0.25) is 3.67 Å². The molecule has 8 nitrogen and oxygen atoms in total. The molecule has 11 heteroatoms. The Bertz CT molecular complexity index is 653. The van der Waals surface area contributed by atoms with Crippen molar-refractivity contribution in [1.29, 1.82) is 0 Å². The van der Waals surface area contributed by atoms with Crippen molar-refractivity contribution >= 4 is 62.1 Å². The Balaban J connectivity index is -0.000000136. The van der Waals surface area contributed by atoms with Crippen LogP contribution < -0.4 is 11.5 Å². The fraction of sp³-hybridized carbons (Fsp3) is 0.800. The molecule has 6 N–H and O–H groups in total. The number of anilines is 2. The molecule has 0 unspecified atom stereocenters. The van der Waals surface area contributed by atoms with Gasteiger partial charge < -0.3 is 21.3 Å². The second kappa shape index (κ2) is 39.9. The monoisotopic (exact) mass is 636 g/mol. The van der Waals surface area contributed by atoms with E-state index in [-0.39, 0.29) is 12.4 Å². The largest absolute Gasteiger partial charge is 0.399 e. The van der Waals surface area contributed by atoms with Crippen molar-refractivity contribution in [2.45, 2.75) is 116 Å². The second-order valence-electron chi connectivity index (χ2n) is 9.54. The number of hydrogen-bond acceptors (Lipinski definition) is 6. The fourth-order valence-electron chi connectivity index (χ4n) is 3.64. The fourth-order valence-corrected chi connectivity index (χ4v) is 4.14. The maximum absolute atomic E-state index is 8.74. The second-order valence-corrected chi connectivity index (χ2v) is 11.4. The summed E-state index contributed by atoms with van der Waals surface area (Å²) >= 11 is 1.41. The van der Waals surface area contributed by atoms with E-state index < -0.39 is 10.4 Å². The Labute approximate surface area is 279 Å². The van der Waals surface area contributed by atoms with Crippen molar-refractivity contribution in [1.82, 2.24) is 9.80 Å². The van der Waals surface area contributed by atoms with Gasteiger partial charge >= 0.3 is 113 Å². The molecule has 0 aromatic heterocycles.